The lowest BCUT2D eigenvalue weighted by Gasteiger charge is -2.13. The largest absolute Gasteiger partial charge is 0.550 e. The molecule has 0 bridgehead atoms. The Hall–Kier alpha value is -1.32. The lowest BCUT2D eigenvalue weighted by Crippen LogP contribution is -2.32. The van der Waals surface area contributed by atoms with Crippen LogP contribution < -0.4 is 5.11 Å². The highest BCUT2D eigenvalue weighted by molar-refractivity contribution is 5.66. The Kier molecular flexibility index (Phi) is 2.70. The summed E-state index contributed by atoms with van der Waals surface area (Å²) in [6, 6.07) is 1.92. The lowest BCUT2D eigenvalue weighted by molar-refractivity contribution is -0.311. The monoisotopic (exact) mass is 181 g/mol. The van der Waals surface area contributed by atoms with Crippen LogP contribution in [0.4, 0.5) is 0 Å². The molecular formula is C9H13N2O2-. The van der Waals surface area contributed by atoms with Gasteiger partial charge in [-0.25, -0.2) is 0 Å². The quantitative estimate of drug-likeness (QED) is 0.653. The number of carbonyl (C=O) groups excluding carboxylic acids is 1. The standard InChI is InChI=1S/C9H14N2O2/c1-6(9(12)13)5-11-8(3)4-7(2)10-11/h4,6H,5H2,1-3H3,(H,12,13)/p-1/t6-/m1/s1. The van der Waals surface area contributed by atoms with Crippen LogP contribution in [0.25, 0.3) is 0 Å². The molecule has 0 saturated heterocycles. The van der Waals surface area contributed by atoms with Crippen LogP contribution in [-0.2, 0) is 11.3 Å². The van der Waals surface area contributed by atoms with Crippen molar-refractivity contribution in [1.29, 1.82) is 0 Å². The maximum Gasteiger partial charge on any atom is 0.0596 e. The number of hydrogen-bond donors (Lipinski definition) is 0. The summed E-state index contributed by atoms with van der Waals surface area (Å²) in [5, 5.41) is 14.6. The molecule has 0 radical (unpaired) electrons. The third kappa shape index (κ3) is 2.31. The van der Waals surface area contributed by atoms with E-state index in [0.717, 1.165) is 11.4 Å². The van der Waals surface area contributed by atoms with Gasteiger partial charge in [-0.3, -0.25) is 4.68 Å². The molecule has 0 unspecified atom stereocenters. The molecule has 1 rings (SSSR count). The van der Waals surface area contributed by atoms with E-state index < -0.39 is 11.9 Å². The number of hydrogen-bond acceptors (Lipinski definition) is 3. The van der Waals surface area contributed by atoms with Gasteiger partial charge in [0, 0.05) is 24.1 Å². The van der Waals surface area contributed by atoms with Crippen molar-refractivity contribution in [2.45, 2.75) is 27.3 Å². The maximum atomic E-state index is 10.5. The number of rotatable bonds is 3. The third-order valence-electron chi connectivity index (χ3n) is 1.95. The van der Waals surface area contributed by atoms with Crippen LogP contribution in [0, 0.1) is 19.8 Å². The van der Waals surface area contributed by atoms with Crippen molar-refractivity contribution in [2.24, 2.45) is 5.92 Å². The lowest BCUT2D eigenvalue weighted by atomic mass is 10.2. The normalized spacial score (nSPS) is 12.8. The number of nitrogens with zero attached hydrogens (tertiary/aromatic N) is 2. The molecule has 0 saturated carbocycles. The molecule has 1 aromatic rings. The molecule has 1 heterocycles. The van der Waals surface area contributed by atoms with E-state index in [0.29, 0.717) is 6.54 Å². The van der Waals surface area contributed by atoms with Gasteiger partial charge in [0.15, 0.2) is 0 Å². The Bertz CT molecular complexity index is 317. The highest BCUT2D eigenvalue weighted by Crippen LogP contribution is 2.05. The van der Waals surface area contributed by atoms with E-state index in [2.05, 4.69) is 5.10 Å². The number of aromatic nitrogens is 2. The van der Waals surface area contributed by atoms with Crippen molar-refractivity contribution < 1.29 is 9.90 Å². The van der Waals surface area contributed by atoms with Crippen molar-refractivity contribution in [1.82, 2.24) is 9.78 Å². The Morgan fingerprint density at radius 1 is 1.69 bits per heavy atom. The van der Waals surface area contributed by atoms with Crippen LogP contribution in [0.15, 0.2) is 6.07 Å². The average Bonchev–Trinajstić information content (AvgIpc) is 2.30. The summed E-state index contributed by atoms with van der Waals surface area (Å²) in [5.74, 6) is -1.54. The predicted molar refractivity (Wildman–Crippen MR) is 45.9 cm³/mol. The van der Waals surface area contributed by atoms with Crippen LogP contribution in [0.2, 0.25) is 0 Å². The topological polar surface area (TPSA) is 58.0 Å². The van der Waals surface area contributed by atoms with Gasteiger partial charge >= 0.3 is 0 Å². The van der Waals surface area contributed by atoms with Crippen molar-refractivity contribution in [2.75, 3.05) is 0 Å². The first kappa shape index (κ1) is 9.77. The summed E-state index contributed by atoms with van der Waals surface area (Å²) in [4.78, 5) is 10.5. The van der Waals surface area contributed by atoms with Crippen LogP contribution in [-0.4, -0.2) is 15.7 Å². The van der Waals surface area contributed by atoms with E-state index in [-0.39, 0.29) is 0 Å². The van der Waals surface area contributed by atoms with E-state index in [4.69, 9.17) is 0 Å². The van der Waals surface area contributed by atoms with Gasteiger partial charge in [0.05, 0.1) is 5.69 Å². The van der Waals surface area contributed by atoms with Gasteiger partial charge in [-0.05, 0) is 19.9 Å². The zero-order chi connectivity index (χ0) is 10.0. The fourth-order valence-electron chi connectivity index (χ4n) is 1.19. The molecule has 0 aliphatic heterocycles. The predicted octanol–water partition coefficient (Wildman–Crippen LogP) is -0.114. The number of carbonyl (C=O) groups is 1. The molecule has 0 aliphatic rings. The minimum absolute atomic E-state index is 0.377. The Morgan fingerprint density at radius 2 is 2.31 bits per heavy atom. The molecule has 0 amide bonds. The molecule has 1 aromatic heterocycles. The first-order chi connectivity index (χ1) is 6.00. The molecule has 13 heavy (non-hydrogen) atoms. The second-order valence-corrected chi connectivity index (χ2v) is 3.33. The minimum atomic E-state index is -1.03. The highest BCUT2D eigenvalue weighted by Gasteiger charge is 2.07. The van der Waals surface area contributed by atoms with Crippen LogP contribution >= 0.6 is 0 Å². The average molecular weight is 181 g/mol. The summed E-state index contributed by atoms with van der Waals surface area (Å²) < 4.78 is 1.69. The van der Waals surface area contributed by atoms with E-state index >= 15 is 0 Å². The Balaban J connectivity index is 2.74. The Morgan fingerprint density at radius 3 is 2.69 bits per heavy atom. The van der Waals surface area contributed by atoms with Gasteiger partial charge in [-0.2, -0.15) is 5.10 Å². The van der Waals surface area contributed by atoms with Crippen molar-refractivity contribution in [3.05, 3.63) is 17.5 Å². The smallest absolute Gasteiger partial charge is 0.0596 e. The minimum Gasteiger partial charge on any atom is -0.550 e. The molecule has 4 nitrogen and oxygen atoms in total. The SMILES string of the molecule is Cc1cc(C)n(C[C@@H](C)C(=O)[O-])n1. The molecule has 0 aliphatic carbocycles. The fourth-order valence-corrected chi connectivity index (χ4v) is 1.19. The number of aryl methyl sites for hydroxylation is 2. The summed E-state index contributed by atoms with van der Waals surface area (Å²) >= 11 is 0. The second kappa shape index (κ2) is 3.60. The molecule has 0 aromatic carbocycles. The van der Waals surface area contributed by atoms with Gasteiger partial charge in [0.1, 0.15) is 0 Å². The van der Waals surface area contributed by atoms with Gasteiger partial charge in [0.2, 0.25) is 0 Å². The Labute approximate surface area is 77.2 Å². The zero-order valence-electron chi connectivity index (χ0n) is 8.07. The van der Waals surface area contributed by atoms with Crippen LogP contribution in [0.5, 0.6) is 0 Å². The molecule has 0 spiro atoms. The van der Waals surface area contributed by atoms with Gasteiger partial charge in [0.25, 0.3) is 0 Å². The van der Waals surface area contributed by atoms with Crippen LogP contribution in [0.1, 0.15) is 18.3 Å². The summed E-state index contributed by atoms with van der Waals surface area (Å²) in [6.45, 7) is 5.78. The van der Waals surface area contributed by atoms with Crippen LogP contribution in [0.3, 0.4) is 0 Å². The maximum absolute atomic E-state index is 10.5. The van der Waals surface area contributed by atoms with Gasteiger partial charge in [-0.1, -0.05) is 6.92 Å². The molecule has 0 fully saturated rings. The van der Waals surface area contributed by atoms with Crippen molar-refractivity contribution in [3.8, 4) is 0 Å². The van der Waals surface area contributed by atoms with Gasteiger partial charge < -0.3 is 9.90 Å². The third-order valence-corrected chi connectivity index (χ3v) is 1.95. The number of carboxylic acids is 1. The molecular weight excluding hydrogens is 168 g/mol. The van der Waals surface area contributed by atoms with E-state index in [9.17, 15) is 9.90 Å². The van der Waals surface area contributed by atoms with Crippen molar-refractivity contribution in [3.63, 3.8) is 0 Å². The summed E-state index contributed by atoms with van der Waals surface area (Å²) in [5.41, 5.74) is 1.88. The van der Waals surface area contributed by atoms with E-state index in [1.54, 1.807) is 11.6 Å². The molecule has 0 N–H and O–H groups in total. The first-order valence-electron chi connectivity index (χ1n) is 4.22. The summed E-state index contributed by atoms with van der Waals surface area (Å²) in [7, 11) is 0. The summed E-state index contributed by atoms with van der Waals surface area (Å²) in [6.07, 6.45) is 0. The van der Waals surface area contributed by atoms with Crippen molar-refractivity contribution >= 4 is 5.97 Å². The highest BCUT2D eigenvalue weighted by atomic mass is 16.4. The second-order valence-electron chi connectivity index (χ2n) is 3.33. The van der Waals surface area contributed by atoms with Gasteiger partial charge in [-0.15, -0.1) is 0 Å². The molecule has 72 valence electrons. The molecule has 4 heteroatoms. The number of carboxylic acid groups (broad SMARTS) is 1. The zero-order valence-corrected chi connectivity index (χ0v) is 8.07. The number of aliphatic carboxylic acids is 1. The van der Waals surface area contributed by atoms with E-state index in [1.165, 1.54) is 0 Å². The van der Waals surface area contributed by atoms with E-state index in [1.807, 2.05) is 19.9 Å². The molecule has 1 atom stereocenters. The first-order valence-corrected chi connectivity index (χ1v) is 4.22. The fraction of sp³-hybridized carbons (Fsp3) is 0.556.